The molecule has 82 valence electrons. The van der Waals surface area contributed by atoms with Crippen LogP contribution in [-0.2, 0) is 4.79 Å². The number of hydrogen-bond donors (Lipinski definition) is 2. The zero-order valence-corrected chi connectivity index (χ0v) is 9.77. The van der Waals surface area contributed by atoms with E-state index in [2.05, 4.69) is 5.32 Å². The number of benzene rings is 1. The number of anilines is 1. The van der Waals surface area contributed by atoms with Gasteiger partial charge in [-0.1, -0.05) is 23.2 Å². The van der Waals surface area contributed by atoms with Crippen LogP contribution in [-0.4, -0.2) is 11.9 Å². The van der Waals surface area contributed by atoms with E-state index in [1.165, 1.54) is 0 Å². The molecule has 0 saturated heterocycles. The van der Waals surface area contributed by atoms with Crippen LogP contribution < -0.4 is 11.1 Å². The zero-order valence-electron chi connectivity index (χ0n) is 8.26. The zero-order chi connectivity index (χ0) is 11.4. The Hall–Kier alpha value is -0.770. The summed E-state index contributed by atoms with van der Waals surface area (Å²) in [5.74, 6) is -0.172. The van der Waals surface area contributed by atoms with Gasteiger partial charge in [0.1, 0.15) is 0 Å². The number of rotatable bonds is 3. The minimum atomic E-state index is -0.178. The van der Waals surface area contributed by atoms with Crippen LogP contribution >= 0.6 is 23.2 Å². The first-order valence-corrected chi connectivity index (χ1v) is 5.25. The summed E-state index contributed by atoms with van der Waals surface area (Å²) in [7, 11) is 0. The first-order chi connectivity index (χ1) is 6.99. The van der Waals surface area contributed by atoms with Gasteiger partial charge in [-0.05, 0) is 25.1 Å². The van der Waals surface area contributed by atoms with Gasteiger partial charge in [0.15, 0.2) is 0 Å². The van der Waals surface area contributed by atoms with Gasteiger partial charge in [0.25, 0.3) is 0 Å². The molecule has 0 spiro atoms. The summed E-state index contributed by atoms with van der Waals surface area (Å²) >= 11 is 11.6. The molecule has 1 aromatic rings. The molecule has 0 aliphatic rings. The highest BCUT2D eigenvalue weighted by molar-refractivity contribution is 6.35. The third-order valence-electron chi connectivity index (χ3n) is 1.71. The summed E-state index contributed by atoms with van der Waals surface area (Å²) < 4.78 is 0. The van der Waals surface area contributed by atoms with Crippen LogP contribution in [0.4, 0.5) is 5.69 Å². The molecule has 1 rings (SSSR count). The second kappa shape index (κ2) is 5.35. The highest BCUT2D eigenvalue weighted by atomic mass is 35.5. The quantitative estimate of drug-likeness (QED) is 0.862. The number of carbonyl (C=O) groups excluding carboxylic acids is 1. The van der Waals surface area contributed by atoms with Gasteiger partial charge >= 0.3 is 0 Å². The van der Waals surface area contributed by atoms with Crippen molar-refractivity contribution < 1.29 is 4.79 Å². The highest BCUT2D eigenvalue weighted by Gasteiger charge is 2.08. The van der Waals surface area contributed by atoms with Gasteiger partial charge < -0.3 is 11.1 Å². The summed E-state index contributed by atoms with van der Waals surface area (Å²) in [6.07, 6.45) is 0.253. The normalized spacial score (nSPS) is 12.3. The number of nitrogens with one attached hydrogen (secondary N) is 1. The van der Waals surface area contributed by atoms with E-state index in [0.29, 0.717) is 15.7 Å². The monoisotopic (exact) mass is 246 g/mol. The Balaban J connectivity index is 2.71. The van der Waals surface area contributed by atoms with Crippen molar-refractivity contribution in [2.75, 3.05) is 5.32 Å². The maximum absolute atomic E-state index is 11.4. The molecule has 1 unspecified atom stereocenters. The van der Waals surface area contributed by atoms with E-state index >= 15 is 0 Å². The maximum atomic E-state index is 11.4. The fraction of sp³-hybridized carbons (Fsp3) is 0.300. The van der Waals surface area contributed by atoms with Crippen LogP contribution in [0.3, 0.4) is 0 Å². The Bertz CT molecular complexity index is 366. The molecule has 0 heterocycles. The van der Waals surface area contributed by atoms with Crippen molar-refractivity contribution in [2.24, 2.45) is 5.73 Å². The topological polar surface area (TPSA) is 55.1 Å². The summed E-state index contributed by atoms with van der Waals surface area (Å²) in [5, 5.41) is 3.63. The Morgan fingerprint density at radius 3 is 2.80 bits per heavy atom. The molecule has 0 aliphatic heterocycles. The molecular formula is C10H12Cl2N2O. The van der Waals surface area contributed by atoms with Crippen molar-refractivity contribution in [2.45, 2.75) is 19.4 Å². The van der Waals surface area contributed by atoms with Crippen molar-refractivity contribution in [3.05, 3.63) is 28.2 Å². The first kappa shape index (κ1) is 12.3. The molecule has 0 saturated carbocycles. The average molecular weight is 247 g/mol. The van der Waals surface area contributed by atoms with E-state index in [1.807, 2.05) is 0 Å². The Morgan fingerprint density at radius 2 is 2.20 bits per heavy atom. The first-order valence-electron chi connectivity index (χ1n) is 4.49. The Morgan fingerprint density at radius 1 is 1.53 bits per heavy atom. The standard InChI is InChI=1S/C10H12Cl2N2O/c1-6(13)4-10(15)14-9-5-7(11)2-3-8(9)12/h2-3,5-6H,4,13H2,1H3,(H,14,15). The number of carbonyl (C=O) groups is 1. The molecule has 0 aromatic heterocycles. The minimum Gasteiger partial charge on any atom is -0.327 e. The lowest BCUT2D eigenvalue weighted by Crippen LogP contribution is -2.24. The SMILES string of the molecule is CC(N)CC(=O)Nc1cc(Cl)ccc1Cl. The number of amides is 1. The van der Waals surface area contributed by atoms with Crippen molar-refractivity contribution >= 4 is 34.8 Å². The van der Waals surface area contributed by atoms with Crippen LogP contribution in [0.5, 0.6) is 0 Å². The second-order valence-electron chi connectivity index (χ2n) is 3.35. The van der Waals surface area contributed by atoms with Gasteiger partial charge in [0.05, 0.1) is 10.7 Å². The number of nitrogens with two attached hydrogens (primary N) is 1. The third kappa shape index (κ3) is 4.08. The summed E-state index contributed by atoms with van der Waals surface area (Å²) in [4.78, 5) is 11.4. The van der Waals surface area contributed by atoms with Crippen molar-refractivity contribution in [3.8, 4) is 0 Å². The average Bonchev–Trinajstić information content (AvgIpc) is 2.10. The molecule has 0 aliphatic carbocycles. The highest BCUT2D eigenvalue weighted by Crippen LogP contribution is 2.25. The Kier molecular flexibility index (Phi) is 4.39. The smallest absolute Gasteiger partial charge is 0.225 e. The van der Waals surface area contributed by atoms with Crippen LogP contribution in [0, 0.1) is 0 Å². The van der Waals surface area contributed by atoms with Crippen LogP contribution in [0.25, 0.3) is 0 Å². The number of halogens is 2. The molecule has 1 amide bonds. The predicted octanol–water partition coefficient (Wildman–Crippen LogP) is 2.67. The molecule has 1 aromatic carbocycles. The van der Waals surface area contributed by atoms with Crippen LogP contribution in [0.15, 0.2) is 18.2 Å². The lowest BCUT2D eigenvalue weighted by Gasteiger charge is -2.08. The van der Waals surface area contributed by atoms with Crippen molar-refractivity contribution in [3.63, 3.8) is 0 Å². The van der Waals surface area contributed by atoms with Gasteiger partial charge in [-0.15, -0.1) is 0 Å². The fourth-order valence-electron chi connectivity index (χ4n) is 1.09. The van der Waals surface area contributed by atoms with Crippen LogP contribution in [0.1, 0.15) is 13.3 Å². The van der Waals surface area contributed by atoms with E-state index in [1.54, 1.807) is 25.1 Å². The lowest BCUT2D eigenvalue weighted by atomic mass is 10.2. The molecule has 0 fully saturated rings. The molecular weight excluding hydrogens is 235 g/mol. The van der Waals surface area contributed by atoms with Crippen molar-refractivity contribution in [1.29, 1.82) is 0 Å². The maximum Gasteiger partial charge on any atom is 0.225 e. The Labute approximate surface area is 98.5 Å². The van der Waals surface area contributed by atoms with Gasteiger partial charge in [0.2, 0.25) is 5.91 Å². The van der Waals surface area contributed by atoms with E-state index in [0.717, 1.165) is 0 Å². The summed E-state index contributed by atoms with van der Waals surface area (Å²) in [5.41, 5.74) is 6.00. The number of hydrogen-bond acceptors (Lipinski definition) is 2. The van der Waals surface area contributed by atoms with Crippen molar-refractivity contribution in [1.82, 2.24) is 0 Å². The van der Waals surface area contributed by atoms with E-state index < -0.39 is 0 Å². The molecule has 0 bridgehead atoms. The lowest BCUT2D eigenvalue weighted by molar-refractivity contribution is -0.116. The van der Waals surface area contributed by atoms with E-state index in [9.17, 15) is 4.79 Å². The minimum absolute atomic E-state index is 0.172. The predicted molar refractivity (Wildman–Crippen MR) is 63.4 cm³/mol. The van der Waals surface area contributed by atoms with Gasteiger partial charge in [-0.2, -0.15) is 0 Å². The summed E-state index contributed by atoms with van der Waals surface area (Å²) in [6, 6.07) is 4.71. The third-order valence-corrected chi connectivity index (χ3v) is 2.27. The van der Waals surface area contributed by atoms with Gasteiger partial charge in [-0.25, -0.2) is 0 Å². The summed E-state index contributed by atoms with van der Waals surface area (Å²) in [6.45, 7) is 1.76. The molecule has 1 atom stereocenters. The molecule has 0 radical (unpaired) electrons. The molecule has 3 N–H and O–H groups in total. The van der Waals surface area contributed by atoms with Crippen LogP contribution in [0.2, 0.25) is 10.0 Å². The van der Waals surface area contributed by atoms with E-state index in [-0.39, 0.29) is 18.4 Å². The fourth-order valence-corrected chi connectivity index (χ4v) is 1.42. The molecule has 5 heteroatoms. The molecule has 3 nitrogen and oxygen atoms in total. The molecule has 15 heavy (non-hydrogen) atoms. The van der Waals surface area contributed by atoms with Gasteiger partial charge in [0, 0.05) is 17.5 Å². The second-order valence-corrected chi connectivity index (χ2v) is 4.20. The largest absolute Gasteiger partial charge is 0.327 e. The van der Waals surface area contributed by atoms with Gasteiger partial charge in [-0.3, -0.25) is 4.79 Å². The van der Waals surface area contributed by atoms with E-state index in [4.69, 9.17) is 28.9 Å².